The number of hydrogen-bond acceptors (Lipinski definition) is 6. The van der Waals surface area contributed by atoms with Gasteiger partial charge in [-0.1, -0.05) is 29.4 Å². The van der Waals surface area contributed by atoms with Gasteiger partial charge >= 0.3 is 6.01 Å². The van der Waals surface area contributed by atoms with Crippen LogP contribution in [-0.4, -0.2) is 21.0 Å². The molecule has 0 bridgehead atoms. The van der Waals surface area contributed by atoms with Gasteiger partial charge in [0.05, 0.1) is 11.3 Å². The van der Waals surface area contributed by atoms with Crippen molar-refractivity contribution in [2.24, 2.45) is 0 Å². The summed E-state index contributed by atoms with van der Waals surface area (Å²) in [6.07, 6.45) is -0.193. The van der Waals surface area contributed by atoms with Gasteiger partial charge in [0.15, 0.2) is 0 Å². The lowest BCUT2D eigenvalue weighted by Gasteiger charge is -2.02. The predicted molar refractivity (Wildman–Crippen MR) is 85.1 cm³/mol. The Bertz CT molecular complexity index is 941. The summed E-state index contributed by atoms with van der Waals surface area (Å²) in [7, 11) is 0. The maximum absolute atomic E-state index is 13.5. The first-order valence-electron chi connectivity index (χ1n) is 7.14. The van der Waals surface area contributed by atoms with E-state index in [1.807, 2.05) is 0 Å². The van der Waals surface area contributed by atoms with Crippen LogP contribution in [0.15, 0.2) is 52.9 Å². The predicted octanol–water partition coefficient (Wildman–Crippen LogP) is 2.97. The van der Waals surface area contributed by atoms with Gasteiger partial charge in [-0.25, -0.2) is 4.39 Å². The van der Waals surface area contributed by atoms with Crippen LogP contribution in [0.1, 0.15) is 5.56 Å². The highest BCUT2D eigenvalue weighted by Crippen LogP contribution is 2.24. The number of nitrogens with zero attached hydrogens (tertiary/aromatic N) is 3. The minimum absolute atomic E-state index is 0.0184. The number of rotatable bonds is 5. The normalized spacial score (nSPS) is 10.4. The van der Waals surface area contributed by atoms with E-state index in [0.29, 0.717) is 5.56 Å². The topological polar surface area (TPSA) is 111 Å². The number of benzene rings is 2. The molecule has 0 spiro atoms. The number of amides is 1. The maximum Gasteiger partial charge on any atom is 0.322 e. The van der Waals surface area contributed by atoms with Crippen LogP contribution in [0.5, 0.6) is 0 Å². The monoisotopic (exact) mass is 342 g/mol. The van der Waals surface area contributed by atoms with Gasteiger partial charge in [-0.3, -0.25) is 20.2 Å². The molecule has 0 unspecified atom stereocenters. The molecule has 126 valence electrons. The fourth-order valence-electron chi connectivity index (χ4n) is 2.12. The molecule has 0 radical (unpaired) electrons. The van der Waals surface area contributed by atoms with Crippen LogP contribution in [0.3, 0.4) is 0 Å². The maximum atomic E-state index is 13.5. The number of halogens is 1. The van der Waals surface area contributed by atoms with E-state index in [0.717, 1.165) is 0 Å². The molecule has 1 amide bonds. The Morgan fingerprint density at radius 2 is 2.00 bits per heavy atom. The second-order valence-electron chi connectivity index (χ2n) is 5.04. The SMILES string of the molecule is O=C(Cc1ccccc1F)Nc1nnc(-c2cccc([N+](=O)[O-])c2)o1. The molecular formula is C16H11FN4O4. The highest BCUT2D eigenvalue weighted by Gasteiger charge is 2.15. The standard InChI is InChI=1S/C16H11FN4O4/c17-13-7-2-1-4-10(13)9-14(22)18-16-20-19-15(25-16)11-5-3-6-12(8-11)21(23)24/h1-8H,9H2,(H,18,20,22). The van der Waals surface area contributed by atoms with E-state index in [2.05, 4.69) is 15.5 Å². The second-order valence-corrected chi connectivity index (χ2v) is 5.04. The smallest absolute Gasteiger partial charge is 0.322 e. The van der Waals surface area contributed by atoms with Crippen LogP contribution in [-0.2, 0) is 11.2 Å². The average molecular weight is 342 g/mol. The summed E-state index contributed by atoms with van der Waals surface area (Å²) < 4.78 is 18.8. The van der Waals surface area contributed by atoms with Crippen LogP contribution in [0.4, 0.5) is 16.1 Å². The quantitative estimate of drug-likeness (QED) is 0.563. The van der Waals surface area contributed by atoms with E-state index in [1.165, 1.54) is 36.4 Å². The van der Waals surface area contributed by atoms with Gasteiger partial charge in [0.2, 0.25) is 11.8 Å². The number of nitrogens with one attached hydrogen (secondary N) is 1. The number of non-ortho nitro benzene ring substituents is 1. The summed E-state index contributed by atoms with van der Waals surface area (Å²) in [5.41, 5.74) is 0.454. The average Bonchev–Trinajstić information content (AvgIpc) is 3.05. The van der Waals surface area contributed by atoms with Gasteiger partial charge in [0, 0.05) is 17.7 Å². The molecule has 0 aliphatic rings. The van der Waals surface area contributed by atoms with Crippen molar-refractivity contribution in [3.8, 4) is 11.5 Å². The summed E-state index contributed by atoms with van der Waals surface area (Å²) in [6, 6.07) is 11.4. The first-order chi connectivity index (χ1) is 12.0. The molecular weight excluding hydrogens is 331 g/mol. The van der Waals surface area contributed by atoms with Crippen LogP contribution in [0, 0.1) is 15.9 Å². The first kappa shape index (κ1) is 16.2. The third-order valence-corrected chi connectivity index (χ3v) is 3.28. The van der Waals surface area contributed by atoms with E-state index < -0.39 is 16.6 Å². The second kappa shape index (κ2) is 6.87. The molecule has 0 atom stereocenters. The summed E-state index contributed by atoms with van der Waals surface area (Å²) in [6.45, 7) is 0. The Labute approximate surface area is 140 Å². The summed E-state index contributed by atoms with van der Waals surface area (Å²) in [4.78, 5) is 22.2. The summed E-state index contributed by atoms with van der Waals surface area (Å²) in [5.74, 6) is -0.996. The molecule has 1 N–H and O–H groups in total. The minimum atomic E-state index is -0.545. The minimum Gasteiger partial charge on any atom is -0.403 e. The molecule has 25 heavy (non-hydrogen) atoms. The molecule has 0 saturated carbocycles. The zero-order chi connectivity index (χ0) is 17.8. The van der Waals surface area contributed by atoms with E-state index in [4.69, 9.17) is 4.42 Å². The van der Waals surface area contributed by atoms with Crippen LogP contribution < -0.4 is 5.32 Å². The van der Waals surface area contributed by atoms with Crippen LogP contribution in [0.25, 0.3) is 11.5 Å². The van der Waals surface area contributed by atoms with Crippen molar-refractivity contribution in [3.05, 3.63) is 70.0 Å². The summed E-state index contributed by atoms with van der Waals surface area (Å²) in [5, 5.41) is 20.5. The van der Waals surface area contributed by atoms with Crippen molar-refractivity contribution in [2.75, 3.05) is 5.32 Å². The zero-order valence-corrected chi connectivity index (χ0v) is 12.7. The molecule has 9 heteroatoms. The van der Waals surface area contributed by atoms with Crippen molar-refractivity contribution in [1.29, 1.82) is 0 Å². The van der Waals surface area contributed by atoms with E-state index in [1.54, 1.807) is 12.1 Å². The molecule has 0 aliphatic carbocycles. The number of nitro groups is 1. The molecule has 2 aromatic carbocycles. The number of carbonyl (C=O) groups is 1. The summed E-state index contributed by atoms with van der Waals surface area (Å²) >= 11 is 0. The van der Waals surface area contributed by atoms with Crippen molar-refractivity contribution in [3.63, 3.8) is 0 Å². The van der Waals surface area contributed by atoms with Crippen molar-refractivity contribution < 1.29 is 18.5 Å². The molecule has 0 aliphatic heterocycles. The fourth-order valence-corrected chi connectivity index (χ4v) is 2.12. The van der Waals surface area contributed by atoms with E-state index >= 15 is 0 Å². The Morgan fingerprint density at radius 1 is 1.20 bits per heavy atom. The van der Waals surface area contributed by atoms with Crippen molar-refractivity contribution >= 4 is 17.6 Å². The van der Waals surface area contributed by atoms with Crippen LogP contribution >= 0.6 is 0 Å². The van der Waals surface area contributed by atoms with Gasteiger partial charge < -0.3 is 4.42 Å². The molecule has 0 fully saturated rings. The lowest BCUT2D eigenvalue weighted by Crippen LogP contribution is -2.15. The number of carbonyl (C=O) groups excluding carboxylic acids is 1. The van der Waals surface area contributed by atoms with Gasteiger partial charge in [0.1, 0.15) is 5.82 Å². The largest absolute Gasteiger partial charge is 0.403 e. The zero-order valence-electron chi connectivity index (χ0n) is 12.7. The third kappa shape index (κ3) is 3.83. The Balaban J connectivity index is 1.71. The Morgan fingerprint density at radius 3 is 2.76 bits per heavy atom. The molecule has 1 aromatic heterocycles. The highest BCUT2D eigenvalue weighted by atomic mass is 19.1. The fraction of sp³-hybridized carbons (Fsp3) is 0.0625. The third-order valence-electron chi connectivity index (χ3n) is 3.28. The highest BCUT2D eigenvalue weighted by molar-refractivity contribution is 5.90. The molecule has 8 nitrogen and oxygen atoms in total. The van der Waals surface area contributed by atoms with Gasteiger partial charge in [-0.2, -0.15) is 0 Å². The van der Waals surface area contributed by atoms with E-state index in [9.17, 15) is 19.3 Å². The Hall–Kier alpha value is -3.62. The molecule has 3 aromatic rings. The number of hydrogen-bond donors (Lipinski definition) is 1. The molecule has 0 saturated heterocycles. The van der Waals surface area contributed by atoms with Crippen LogP contribution in [0.2, 0.25) is 0 Å². The van der Waals surface area contributed by atoms with Gasteiger partial charge in [-0.05, 0) is 17.7 Å². The number of anilines is 1. The van der Waals surface area contributed by atoms with Gasteiger partial charge in [-0.15, -0.1) is 5.10 Å². The number of aromatic nitrogens is 2. The molecule has 3 rings (SSSR count). The van der Waals surface area contributed by atoms with Crippen molar-refractivity contribution in [2.45, 2.75) is 6.42 Å². The lowest BCUT2D eigenvalue weighted by atomic mass is 10.1. The lowest BCUT2D eigenvalue weighted by molar-refractivity contribution is -0.384. The van der Waals surface area contributed by atoms with Crippen molar-refractivity contribution in [1.82, 2.24) is 10.2 Å². The molecule has 1 heterocycles. The number of nitro benzene ring substituents is 1. The first-order valence-corrected chi connectivity index (χ1v) is 7.14. The Kier molecular flexibility index (Phi) is 4.46. The van der Waals surface area contributed by atoms with E-state index in [-0.39, 0.29) is 29.6 Å². The van der Waals surface area contributed by atoms with Gasteiger partial charge in [0.25, 0.3) is 5.69 Å².